The van der Waals surface area contributed by atoms with Crippen molar-refractivity contribution in [1.29, 1.82) is 0 Å². The summed E-state index contributed by atoms with van der Waals surface area (Å²) in [6.07, 6.45) is 0. The Labute approximate surface area is 121 Å². The average Bonchev–Trinajstić information content (AvgIpc) is 2.28. The Morgan fingerprint density at radius 1 is 0.667 bits per heavy atom. The first-order valence-electron chi connectivity index (χ1n) is 6.27. The van der Waals surface area contributed by atoms with Crippen molar-refractivity contribution in [2.24, 2.45) is 0 Å². The highest BCUT2D eigenvalue weighted by atomic mass is 127. The number of rotatable bonds is 2. The lowest BCUT2D eigenvalue weighted by molar-refractivity contribution is -0.599. The highest BCUT2D eigenvalue weighted by Crippen LogP contribution is 2.08. The molecule has 18 heavy (non-hydrogen) atoms. The van der Waals surface area contributed by atoms with Crippen molar-refractivity contribution in [2.45, 2.75) is 34.6 Å². The molecule has 1 heteroatoms. The molecule has 2 aromatic carbocycles. The predicted molar refractivity (Wildman–Crippen MR) is 74.0 cm³/mol. The van der Waals surface area contributed by atoms with E-state index in [1.54, 1.807) is 7.14 Å². The molecule has 0 saturated carbocycles. The van der Waals surface area contributed by atoms with Crippen LogP contribution in [0.5, 0.6) is 0 Å². The minimum Gasteiger partial charge on any atom is -0.0587 e. The van der Waals surface area contributed by atoms with Gasteiger partial charge in [0.15, 0.2) is 7.14 Å². The summed E-state index contributed by atoms with van der Waals surface area (Å²) in [5.41, 5.74) is 7.10. The van der Waals surface area contributed by atoms with E-state index in [1.807, 2.05) is 0 Å². The van der Waals surface area contributed by atoms with Gasteiger partial charge in [-0.3, -0.25) is 0 Å². The van der Waals surface area contributed by atoms with Gasteiger partial charge in [-0.2, -0.15) is 0 Å². The quantitative estimate of drug-likeness (QED) is 0.717. The van der Waals surface area contributed by atoms with Crippen LogP contribution in [0.3, 0.4) is 0 Å². The Morgan fingerprint density at radius 2 is 1.28 bits per heavy atom. The summed E-state index contributed by atoms with van der Waals surface area (Å²) in [5, 5.41) is 0. The SMILES string of the molecule is Cc1cc(C)c([I+]c2cc(C)ccc2C)c(C)c1. The number of hydrogen-bond donors (Lipinski definition) is 0. The Hall–Kier alpha value is -0.830. The molecule has 0 saturated heterocycles. The minimum absolute atomic E-state index is 0.0660. The van der Waals surface area contributed by atoms with Crippen LogP contribution in [0.4, 0.5) is 0 Å². The zero-order chi connectivity index (χ0) is 13.3. The first kappa shape index (κ1) is 13.6. The second-order valence-corrected chi connectivity index (χ2v) is 7.84. The lowest BCUT2D eigenvalue weighted by Crippen LogP contribution is -3.62. The molecule has 0 nitrogen and oxygen atoms in total. The van der Waals surface area contributed by atoms with Crippen LogP contribution in [-0.4, -0.2) is 0 Å². The van der Waals surface area contributed by atoms with E-state index in [2.05, 4.69) is 65.0 Å². The highest BCUT2D eigenvalue weighted by Gasteiger charge is 2.23. The minimum atomic E-state index is -0.0660. The molecule has 94 valence electrons. The van der Waals surface area contributed by atoms with Crippen molar-refractivity contribution < 1.29 is 21.2 Å². The highest BCUT2D eigenvalue weighted by molar-refractivity contribution is 5.27. The van der Waals surface area contributed by atoms with Gasteiger partial charge in [0.05, 0.1) is 0 Å². The summed E-state index contributed by atoms with van der Waals surface area (Å²) in [4.78, 5) is 0. The van der Waals surface area contributed by atoms with Gasteiger partial charge in [-0.15, -0.1) is 0 Å². The van der Waals surface area contributed by atoms with Crippen molar-refractivity contribution in [3.05, 3.63) is 65.3 Å². The number of halogens is 1. The van der Waals surface area contributed by atoms with E-state index in [4.69, 9.17) is 0 Å². The van der Waals surface area contributed by atoms with E-state index in [-0.39, 0.29) is 21.2 Å². The van der Waals surface area contributed by atoms with Gasteiger partial charge in [0.25, 0.3) is 0 Å². The van der Waals surface area contributed by atoms with E-state index >= 15 is 0 Å². The van der Waals surface area contributed by atoms with Gasteiger partial charge in [-0.1, -0.05) is 29.8 Å². The van der Waals surface area contributed by atoms with E-state index in [0.717, 1.165) is 0 Å². The van der Waals surface area contributed by atoms with Gasteiger partial charge in [0.2, 0.25) is 0 Å². The van der Waals surface area contributed by atoms with Crippen LogP contribution in [0, 0.1) is 41.8 Å². The summed E-state index contributed by atoms with van der Waals surface area (Å²) in [5.74, 6) is 0. The number of hydrogen-bond acceptors (Lipinski definition) is 0. The maximum absolute atomic E-state index is 2.36. The van der Waals surface area contributed by atoms with Crippen molar-refractivity contribution in [2.75, 3.05) is 0 Å². The summed E-state index contributed by atoms with van der Waals surface area (Å²) in [6.45, 7) is 11.1. The Balaban J connectivity index is 2.43. The maximum Gasteiger partial charge on any atom is 0.358 e. The summed E-state index contributed by atoms with van der Waals surface area (Å²) >= 11 is -0.0660. The molecule has 0 atom stereocenters. The Kier molecular flexibility index (Phi) is 4.10. The van der Waals surface area contributed by atoms with E-state index in [9.17, 15) is 0 Å². The second-order valence-electron chi connectivity index (χ2n) is 5.06. The Morgan fingerprint density at radius 3 is 1.89 bits per heavy atom. The summed E-state index contributed by atoms with van der Waals surface area (Å²) in [6, 6.07) is 11.4. The molecule has 0 aliphatic heterocycles. The Bertz CT molecular complexity index is 559. The summed E-state index contributed by atoms with van der Waals surface area (Å²) in [7, 11) is 0. The van der Waals surface area contributed by atoms with Crippen LogP contribution < -0.4 is 21.2 Å². The molecule has 2 rings (SSSR count). The fourth-order valence-corrected chi connectivity index (χ4v) is 5.21. The zero-order valence-corrected chi connectivity index (χ0v) is 13.9. The van der Waals surface area contributed by atoms with Crippen LogP contribution in [0.15, 0.2) is 30.3 Å². The van der Waals surface area contributed by atoms with Crippen molar-refractivity contribution in [3.63, 3.8) is 0 Å². The van der Waals surface area contributed by atoms with E-state index < -0.39 is 0 Å². The molecule has 0 aromatic heterocycles. The average molecular weight is 351 g/mol. The fourth-order valence-electron chi connectivity index (χ4n) is 2.21. The van der Waals surface area contributed by atoms with Crippen LogP contribution in [0.25, 0.3) is 0 Å². The van der Waals surface area contributed by atoms with Gasteiger partial charge in [-0.05, 0) is 46.2 Å². The molecule has 0 heterocycles. The van der Waals surface area contributed by atoms with Gasteiger partial charge in [-0.25, -0.2) is 0 Å². The second kappa shape index (κ2) is 5.43. The largest absolute Gasteiger partial charge is 0.358 e. The first-order chi connectivity index (χ1) is 8.47. The third-order valence-electron chi connectivity index (χ3n) is 3.10. The van der Waals surface area contributed by atoms with E-state index in [1.165, 1.54) is 27.8 Å². The van der Waals surface area contributed by atoms with Crippen LogP contribution in [0.2, 0.25) is 0 Å². The van der Waals surface area contributed by atoms with Crippen molar-refractivity contribution in [1.82, 2.24) is 0 Å². The van der Waals surface area contributed by atoms with E-state index in [0.29, 0.717) is 0 Å². The monoisotopic (exact) mass is 351 g/mol. The van der Waals surface area contributed by atoms with Crippen LogP contribution in [0.1, 0.15) is 27.8 Å². The standard InChI is InChI=1S/C17H20I/c1-11-6-7-13(3)16(10-11)18-17-14(4)8-12(2)9-15(17)5/h6-10H,1-5H3/q+1. The molecule has 0 spiro atoms. The first-order valence-corrected chi connectivity index (χ1v) is 8.43. The van der Waals surface area contributed by atoms with Crippen molar-refractivity contribution in [3.8, 4) is 0 Å². The lowest BCUT2D eigenvalue weighted by Gasteiger charge is -2.02. The molecule has 0 N–H and O–H groups in total. The molecule has 0 amide bonds. The smallest absolute Gasteiger partial charge is 0.0587 e. The topological polar surface area (TPSA) is 0 Å². The molecule has 0 radical (unpaired) electrons. The van der Waals surface area contributed by atoms with Gasteiger partial charge in [0.1, 0.15) is 0 Å². The number of aryl methyl sites for hydroxylation is 5. The molecule has 0 fully saturated rings. The molecular weight excluding hydrogens is 331 g/mol. The molecule has 0 aliphatic carbocycles. The maximum atomic E-state index is 2.36. The lowest BCUT2D eigenvalue weighted by atomic mass is 10.1. The summed E-state index contributed by atoms with van der Waals surface area (Å²) < 4.78 is 3.15. The fraction of sp³-hybridized carbons (Fsp3) is 0.294. The predicted octanol–water partition coefficient (Wildman–Crippen LogP) is 1.36. The normalized spacial score (nSPS) is 10.7. The molecule has 0 aliphatic rings. The van der Waals surface area contributed by atoms with Gasteiger partial charge in [0, 0.05) is 16.7 Å². The molecule has 2 aromatic rings. The molecular formula is C17H20I+. The molecule has 0 unspecified atom stereocenters. The van der Waals surface area contributed by atoms with Crippen LogP contribution >= 0.6 is 0 Å². The third kappa shape index (κ3) is 2.94. The van der Waals surface area contributed by atoms with Gasteiger partial charge < -0.3 is 0 Å². The molecule has 0 bridgehead atoms. The zero-order valence-electron chi connectivity index (χ0n) is 11.8. The van der Waals surface area contributed by atoms with Crippen molar-refractivity contribution >= 4 is 0 Å². The number of benzene rings is 2. The third-order valence-corrected chi connectivity index (χ3v) is 7.09. The van der Waals surface area contributed by atoms with Crippen LogP contribution in [-0.2, 0) is 0 Å². The van der Waals surface area contributed by atoms with Gasteiger partial charge >= 0.3 is 21.2 Å².